The lowest BCUT2D eigenvalue weighted by Crippen LogP contribution is -1.92. The highest BCUT2D eigenvalue weighted by Crippen LogP contribution is 2.45. The van der Waals surface area contributed by atoms with Crippen molar-refractivity contribution in [3.05, 3.63) is 199 Å². The van der Waals surface area contributed by atoms with E-state index in [-0.39, 0.29) is 0 Å². The van der Waals surface area contributed by atoms with Gasteiger partial charge >= 0.3 is 0 Å². The predicted molar refractivity (Wildman–Crippen MR) is 236 cm³/mol. The summed E-state index contributed by atoms with van der Waals surface area (Å²) in [5, 5.41) is 7.43. The molecule has 0 nitrogen and oxygen atoms in total. The topological polar surface area (TPSA) is 0 Å². The molecule has 0 atom stereocenters. The summed E-state index contributed by atoms with van der Waals surface area (Å²) in [5.74, 6) is 0. The highest BCUT2D eigenvalue weighted by atomic mass is 14.2. The SMILES string of the molecule is C=C/C(=C\C(=C)/C(C)=C/C=C(C)/C(C)=C/C=C\C)c1ccc2cccc(-c3c4ccccc4c(-c4ccccc4)c4ccccc34)c2c1.CC.CC. The van der Waals surface area contributed by atoms with E-state index in [1.807, 2.05) is 46.8 Å². The Balaban J connectivity index is 0.00000146. The summed E-state index contributed by atoms with van der Waals surface area (Å²) in [6.07, 6.45) is 14.6. The monoisotopic (exact) mass is 678 g/mol. The number of hydrogen-bond acceptors (Lipinski definition) is 0. The van der Waals surface area contributed by atoms with E-state index in [1.54, 1.807) is 0 Å². The van der Waals surface area contributed by atoms with Crippen molar-refractivity contribution in [2.75, 3.05) is 0 Å². The Hall–Kier alpha value is -5.72. The first-order valence-electron chi connectivity index (χ1n) is 18.6. The van der Waals surface area contributed by atoms with Gasteiger partial charge < -0.3 is 0 Å². The Morgan fingerprint density at radius 2 is 1.08 bits per heavy atom. The third-order valence-electron chi connectivity index (χ3n) is 9.28. The molecule has 0 aromatic heterocycles. The Bertz CT molecular complexity index is 2270. The lowest BCUT2D eigenvalue weighted by atomic mass is 9.84. The third-order valence-corrected chi connectivity index (χ3v) is 9.28. The molecule has 6 rings (SSSR count). The second kappa shape index (κ2) is 19.0. The average molecular weight is 679 g/mol. The minimum Gasteiger partial charge on any atom is -0.0984 e. The molecular weight excluding hydrogens is 625 g/mol. The molecule has 0 spiro atoms. The predicted octanol–water partition coefficient (Wildman–Crippen LogP) is 16.1. The fraction of sp³-hybridized carbons (Fsp3) is 0.154. The number of rotatable bonds is 9. The van der Waals surface area contributed by atoms with Crippen LogP contribution in [0.1, 0.15) is 61.0 Å². The maximum absolute atomic E-state index is 4.42. The van der Waals surface area contributed by atoms with E-state index >= 15 is 0 Å². The van der Waals surface area contributed by atoms with Crippen LogP contribution in [0.3, 0.4) is 0 Å². The molecule has 0 heteroatoms. The summed E-state index contributed by atoms with van der Waals surface area (Å²) in [4.78, 5) is 0. The molecule has 262 valence electrons. The van der Waals surface area contributed by atoms with Crippen LogP contribution in [0.15, 0.2) is 193 Å². The smallest absolute Gasteiger partial charge is 0.00201 e. The van der Waals surface area contributed by atoms with Crippen molar-refractivity contribution in [1.29, 1.82) is 0 Å². The molecular formula is C52H54. The summed E-state index contributed by atoms with van der Waals surface area (Å²) >= 11 is 0. The van der Waals surface area contributed by atoms with Gasteiger partial charge in [0, 0.05) is 0 Å². The highest BCUT2D eigenvalue weighted by molar-refractivity contribution is 6.23. The van der Waals surface area contributed by atoms with Gasteiger partial charge in [-0.05, 0) is 128 Å². The Morgan fingerprint density at radius 1 is 0.538 bits per heavy atom. The van der Waals surface area contributed by atoms with E-state index in [0.717, 1.165) is 22.3 Å². The van der Waals surface area contributed by atoms with Gasteiger partial charge in [0.1, 0.15) is 0 Å². The lowest BCUT2D eigenvalue weighted by molar-refractivity contribution is 1.33. The first kappa shape index (κ1) is 39.1. The van der Waals surface area contributed by atoms with Crippen molar-refractivity contribution in [1.82, 2.24) is 0 Å². The van der Waals surface area contributed by atoms with E-state index in [1.165, 1.54) is 65.7 Å². The van der Waals surface area contributed by atoms with Gasteiger partial charge in [-0.2, -0.15) is 0 Å². The molecule has 0 N–H and O–H groups in total. The van der Waals surface area contributed by atoms with E-state index < -0.39 is 0 Å². The Kier molecular flexibility index (Phi) is 14.3. The van der Waals surface area contributed by atoms with Gasteiger partial charge in [-0.1, -0.05) is 187 Å². The zero-order chi connectivity index (χ0) is 37.6. The average Bonchev–Trinajstić information content (AvgIpc) is 3.21. The van der Waals surface area contributed by atoms with E-state index in [9.17, 15) is 0 Å². The largest absolute Gasteiger partial charge is 0.0984 e. The first-order chi connectivity index (χ1) is 25.4. The molecule has 0 saturated carbocycles. The summed E-state index contributed by atoms with van der Waals surface area (Å²) in [6.45, 7) is 25.0. The quantitative estimate of drug-likeness (QED) is 0.105. The second-order valence-corrected chi connectivity index (χ2v) is 12.4. The van der Waals surface area contributed by atoms with Crippen LogP contribution in [0.25, 0.3) is 60.1 Å². The highest BCUT2D eigenvalue weighted by Gasteiger charge is 2.18. The van der Waals surface area contributed by atoms with Crippen LogP contribution in [0.4, 0.5) is 0 Å². The van der Waals surface area contributed by atoms with Crippen LogP contribution in [-0.4, -0.2) is 0 Å². The number of allylic oxidation sites excluding steroid dienone is 12. The molecule has 0 bridgehead atoms. The molecule has 0 aliphatic carbocycles. The van der Waals surface area contributed by atoms with Crippen LogP contribution < -0.4 is 0 Å². The van der Waals surface area contributed by atoms with Crippen LogP contribution in [0.5, 0.6) is 0 Å². The van der Waals surface area contributed by atoms with Gasteiger partial charge in [0.05, 0.1) is 0 Å². The molecule has 6 aromatic rings. The molecule has 0 amide bonds. The van der Waals surface area contributed by atoms with Crippen molar-refractivity contribution in [3.63, 3.8) is 0 Å². The van der Waals surface area contributed by atoms with Gasteiger partial charge in [0.25, 0.3) is 0 Å². The zero-order valence-electron chi connectivity index (χ0n) is 32.4. The summed E-state index contributed by atoms with van der Waals surface area (Å²) in [6, 6.07) is 41.8. The van der Waals surface area contributed by atoms with Crippen molar-refractivity contribution in [3.8, 4) is 22.3 Å². The Labute approximate surface area is 313 Å². The summed E-state index contributed by atoms with van der Waals surface area (Å²) in [7, 11) is 0. The standard InChI is InChI=1S/C48H42.2C2H6/c1-7-9-18-33(3)34(4)27-28-35(5)36(6)31-37(8-2)40-30-29-38-21-17-26-45(46(38)32-40)48-43-24-15-13-22-41(43)47(39-19-11-10-12-20-39)42-23-14-16-25-44(42)48;2*1-2/h7-32H,2,6H2,1,3-5H3;2*1-2H3/b9-7-,33-18+,34-27+,35-28+,37-31+;;. The summed E-state index contributed by atoms with van der Waals surface area (Å²) in [5.41, 5.74) is 11.7. The molecule has 0 aliphatic heterocycles. The van der Waals surface area contributed by atoms with Crippen molar-refractivity contribution in [2.24, 2.45) is 0 Å². The number of hydrogen-bond donors (Lipinski definition) is 0. The molecule has 6 aromatic carbocycles. The van der Waals surface area contributed by atoms with Crippen molar-refractivity contribution >= 4 is 37.9 Å². The molecule has 0 radical (unpaired) electrons. The number of benzene rings is 6. The molecule has 52 heavy (non-hydrogen) atoms. The zero-order valence-corrected chi connectivity index (χ0v) is 32.4. The van der Waals surface area contributed by atoms with Crippen LogP contribution in [0.2, 0.25) is 0 Å². The molecule has 0 fully saturated rings. The van der Waals surface area contributed by atoms with Crippen LogP contribution in [0, 0.1) is 0 Å². The van der Waals surface area contributed by atoms with Crippen molar-refractivity contribution in [2.45, 2.75) is 55.4 Å². The van der Waals surface area contributed by atoms with Gasteiger partial charge in [-0.3, -0.25) is 0 Å². The molecule has 0 saturated heterocycles. The van der Waals surface area contributed by atoms with Crippen LogP contribution in [-0.2, 0) is 0 Å². The first-order valence-corrected chi connectivity index (χ1v) is 18.6. The normalized spacial score (nSPS) is 12.4. The maximum Gasteiger partial charge on any atom is -0.00201 e. The molecule has 0 aliphatic rings. The van der Waals surface area contributed by atoms with Gasteiger partial charge in [0.15, 0.2) is 0 Å². The fourth-order valence-corrected chi connectivity index (χ4v) is 6.43. The lowest BCUT2D eigenvalue weighted by Gasteiger charge is -2.19. The van der Waals surface area contributed by atoms with Crippen LogP contribution >= 0.6 is 0 Å². The number of fused-ring (bicyclic) bond motifs is 3. The van der Waals surface area contributed by atoms with Gasteiger partial charge in [0.2, 0.25) is 0 Å². The fourth-order valence-electron chi connectivity index (χ4n) is 6.43. The second-order valence-electron chi connectivity index (χ2n) is 12.4. The molecule has 0 heterocycles. The third kappa shape index (κ3) is 8.59. The Morgan fingerprint density at radius 3 is 1.65 bits per heavy atom. The van der Waals surface area contributed by atoms with Crippen molar-refractivity contribution < 1.29 is 0 Å². The van der Waals surface area contributed by atoms with E-state index in [2.05, 4.69) is 180 Å². The van der Waals surface area contributed by atoms with E-state index in [0.29, 0.717) is 0 Å². The minimum absolute atomic E-state index is 0.964. The van der Waals surface area contributed by atoms with Gasteiger partial charge in [-0.25, -0.2) is 0 Å². The molecule has 0 unspecified atom stereocenters. The maximum atomic E-state index is 4.42. The van der Waals surface area contributed by atoms with Gasteiger partial charge in [-0.15, -0.1) is 0 Å². The van der Waals surface area contributed by atoms with E-state index in [4.69, 9.17) is 0 Å². The summed E-state index contributed by atoms with van der Waals surface area (Å²) < 4.78 is 0. The minimum atomic E-state index is 0.964.